The van der Waals surface area contributed by atoms with Gasteiger partial charge in [-0.15, -0.1) is 0 Å². The van der Waals surface area contributed by atoms with Gasteiger partial charge in [-0.25, -0.2) is 13.9 Å². The summed E-state index contributed by atoms with van der Waals surface area (Å²) in [6, 6.07) is 8.83. The van der Waals surface area contributed by atoms with E-state index in [2.05, 4.69) is 14.7 Å². The molecule has 37 heavy (non-hydrogen) atoms. The number of nitrogens with one attached hydrogen (secondary N) is 1. The third-order valence-electron chi connectivity index (χ3n) is 6.51. The van der Waals surface area contributed by atoms with Crippen molar-refractivity contribution in [3.63, 3.8) is 0 Å². The highest BCUT2D eigenvalue weighted by atomic mass is 35.5. The van der Waals surface area contributed by atoms with Crippen LogP contribution in [0.2, 0.25) is 5.15 Å². The molecule has 0 spiro atoms. The molecule has 0 fully saturated rings. The van der Waals surface area contributed by atoms with Crippen molar-refractivity contribution in [1.29, 1.82) is 0 Å². The van der Waals surface area contributed by atoms with Crippen LogP contribution in [0.25, 0.3) is 10.9 Å². The largest absolute Gasteiger partial charge is 0.494 e. The normalized spacial score (nSPS) is 19.7. The van der Waals surface area contributed by atoms with Gasteiger partial charge in [-0.2, -0.15) is 0 Å². The number of hydrogen-bond donors (Lipinski definition) is 2. The van der Waals surface area contributed by atoms with Gasteiger partial charge in [0.1, 0.15) is 23.5 Å². The van der Waals surface area contributed by atoms with Crippen LogP contribution in [0, 0.1) is 0 Å². The molecule has 1 aromatic carbocycles. The lowest BCUT2D eigenvalue weighted by Gasteiger charge is -2.30. The highest BCUT2D eigenvalue weighted by Crippen LogP contribution is 2.43. The minimum absolute atomic E-state index is 0.0678. The number of methoxy groups -OCH3 is 1. The molecule has 10 heteroatoms. The number of carbonyl (C=O) groups excluding carboxylic acids is 1. The number of pyridine rings is 2. The number of rotatable bonds is 8. The summed E-state index contributed by atoms with van der Waals surface area (Å²) in [4.78, 5) is 21.8. The van der Waals surface area contributed by atoms with Gasteiger partial charge >= 0.3 is 0 Å². The Hall–Kier alpha value is -2.59. The molecule has 1 aliphatic rings. The van der Waals surface area contributed by atoms with Crippen molar-refractivity contribution in [2.75, 3.05) is 13.7 Å². The number of Topliss-reactive ketones (excluding diaryl/α,β-unsaturated/α-hetero) is 1. The van der Waals surface area contributed by atoms with E-state index in [1.54, 1.807) is 37.4 Å². The van der Waals surface area contributed by atoms with Crippen molar-refractivity contribution < 1.29 is 23.6 Å². The SMILES string of the molecule is COc1cc(C(=O)CCC(C)(O)c2cc3c(c(Cl)n2)OCC3(C)NS(=O)C(C)(C)C)cc2cccnc12. The average molecular weight is 546 g/mol. The third kappa shape index (κ3) is 5.50. The first-order valence-electron chi connectivity index (χ1n) is 12.0. The smallest absolute Gasteiger partial charge is 0.171 e. The highest BCUT2D eigenvalue weighted by Gasteiger charge is 2.42. The van der Waals surface area contributed by atoms with Gasteiger partial charge < -0.3 is 14.6 Å². The lowest BCUT2D eigenvalue weighted by Crippen LogP contribution is -2.47. The number of halogens is 1. The van der Waals surface area contributed by atoms with Crippen LogP contribution in [0.5, 0.6) is 11.5 Å². The van der Waals surface area contributed by atoms with E-state index in [1.165, 1.54) is 7.11 Å². The summed E-state index contributed by atoms with van der Waals surface area (Å²) in [6.45, 7) is 9.33. The Morgan fingerprint density at radius 1 is 1.30 bits per heavy atom. The summed E-state index contributed by atoms with van der Waals surface area (Å²) in [5, 5.41) is 12.3. The fraction of sp³-hybridized carbons (Fsp3) is 0.444. The van der Waals surface area contributed by atoms with Crippen LogP contribution in [0.15, 0.2) is 36.5 Å². The first-order chi connectivity index (χ1) is 17.2. The molecule has 198 valence electrons. The van der Waals surface area contributed by atoms with Crippen LogP contribution in [0.4, 0.5) is 0 Å². The molecule has 4 rings (SSSR count). The number of hydrogen-bond acceptors (Lipinski definition) is 7. The van der Waals surface area contributed by atoms with Crippen molar-refractivity contribution >= 4 is 39.3 Å². The number of ketones is 1. The zero-order chi connectivity index (χ0) is 27.2. The van der Waals surface area contributed by atoms with E-state index in [0.29, 0.717) is 33.8 Å². The Balaban J connectivity index is 1.58. The molecule has 3 heterocycles. The lowest BCUT2D eigenvalue weighted by molar-refractivity contribution is 0.0396. The summed E-state index contributed by atoms with van der Waals surface area (Å²) in [6.07, 6.45) is 1.85. The van der Waals surface area contributed by atoms with E-state index < -0.39 is 26.9 Å². The summed E-state index contributed by atoms with van der Waals surface area (Å²) in [5.74, 6) is 0.766. The monoisotopic (exact) mass is 545 g/mol. The van der Waals surface area contributed by atoms with Gasteiger partial charge in [-0.05, 0) is 65.3 Å². The van der Waals surface area contributed by atoms with Gasteiger partial charge in [0.25, 0.3) is 0 Å². The first-order valence-corrected chi connectivity index (χ1v) is 13.5. The van der Waals surface area contributed by atoms with E-state index in [-0.39, 0.29) is 30.4 Å². The number of aromatic nitrogens is 2. The molecular formula is C27H32ClN3O5S. The molecule has 0 bridgehead atoms. The maximum Gasteiger partial charge on any atom is 0.171 e. The predicted molar refractivity (Wildman–Crippen MR) is 145 cm³/mol. The second kappa shape index (κ2) is 9.94. The second-order valence-corrected chi connectivity index (χ2v) is 13.1. The van der Waals surface area contributed by atoms with Crippen molar-refractivity contribution in [1.82, 2.24) is 14.7 Å². The predicted octanol–water partition coefficient (Wildman–Crippen LogP) is 4.82. The van der Waals surface area contributed by atoms with Crippen molar-refractivity contribution in [3.05, 3.63) is 58.5 Å². The zero-order valence-electron chi connectivity index (χ0n) is 21.8. The number of carbonyl (C=O) groups is 1. The van der Waals surface area contributed by atoms with Gasteiger partial charge in [0.15, 0.2) is 16.7 Å². The summed E-state index contributed by atoms with van der Waals surface area (Å²) < 4.78 is 26.7. The van der Waals surface area contributed by atoms with Crippen LogP contribution >= 0.6 is 11.6 Å². The first kappa shape index (κ1) is 27.4. The molecule has 1 aliphatic heterocycles. The van der Waals surface area contributed by atoms with Crippen LogP contribution in [0.3, 0.4) is 0 Å². The van der Waals surface area contributed by atoms with Gasteiger partial charge in [0.05, 0.1) is 34.1 Å². The molecule has 0 amide bonds. The topological polar surface area (TPSA) is 111 Å². The van der Waals surface area contributed by atoms with Crippen LogP contribution in [-0.4, -0.2) is 43.5 Å². The zero-order valence-corrected chi connectivity index (χ0v) is 23.4. The van der Waals surface area contributed by atoms with Crippen LogP contribution in [0.1, 0.15) is 69.1 Å². The van der Waals surface area contributed by atoms with E-state index in [0.717, 1.165) is 5.39 Å². The molecule has 0 saturated heterocycles. The van der Waals surface area contributed by atoms with Gasteiger partial charge in [0, 0.05) is 29.1 Å². The lowest BCUT2D eigenvalue weighted by atomic mass is 9.89. The number of benzene rings is 1. The Kier molecular flexibility index (Phi) is 7.38. The molecule has 8 nitrogen and oxygen atoms in total. The Morgan fingerprint density at radius 2 is 2.03 bits per heavy atom. The molecule has 0 saturated carbocycles. The Bertz CT molecular complexity index is 1390. The summed E-state index contributed by atoms with van der Waals surface area (Å²) in [5.41, 5.74) is -0.123. The quantitative estimate of drug-likeness (QED) is 0.308. The maximum absolute atomic E-state index is 13.1. The van der Waals surface area contributed by atoms with Crippen LogP contribution < -0.4 is 14.2 Å². The molecule has 2 N–H and O–H groups in total. The maximum atomic E-state index is 13.1. The average Bonchev–Trinajstić information content (AvgIpc) is 3.17. The fourth-order valence-corrected chi connectivity index (χ4v) is 5.30. The van der Waals surface area contributed by atoms with Crippen molar-refractivity contribution in [2.24, 2.45) is 0 Å². The van der Waals surface area contributed by atoms with E-state index in [4.69, 9.17) is 21.1 Å². The highest BCUT2D eigenvalue weighted by molar-refractivity contribution is 7.84. The Labute approximate surface area is 224 Å². The Morgan fingerprint density at radius 3 is 2.70 bits per heavy atom. The fourth-order valence-electron chi connectivity index (χ4n) is 4.17. The van der Waals surface area contributed by atoms with E-state index >= 15 is 0 Å². The van der Waals surface area contributed by atoms with E-state index in [1.807, 2.05) is 33.8 Å². The van der Waals surface area contributed by atoms with E-state index in [9.17, 15) is 14.1 Å². The summed E-state index contributed by atoms with van der Waals surface area (Å²) in [7, 11) is 0.169. The molecule has 0 aliphatic carbocycles. The number of nitrogens with zero attached hydrogens (tertiary/aromatic N) is 2. The molecule has 2 aromatic heterocycles. The third-order valence-corrected chi connectivity index (χ3v) is 8.51. The van der Waals surface area contributed by atoms with Gasteiger partial charge in [-0.1, -0.05) is 17.7 Å². The van der Waals surface area contributed by atoms with Gasteiger partial charge in [-0.3, -0.25) is 9.78 Å². The molecule has 0 radical (unpaired) electrons. The van der Waals surface area contributed by atoms with Crippen LogP contribution in [-0.2, 0) is 22.1 Å². The standard InChI is InChI=1S/C27H32ClN3O5S/c1-25(2,3)37(34)31-26(4)15-36-23-18(26)14-21(30-24(23)28)27(5,33)10-9-19(32)17-12-16-8-7-11-29-22(16)20(13-17)35-6/h7-8,11-14,31,33H,9-10,15H2,1-6H3. The molecular weight excluding hydrogens is 514 g/mol. The molecule has 3 unspecified atom stereocenters. The minimum atomic E-state index is -1.45. The molecule has 3 aromatic rings. The van der Waals surface area contributed by atoms with Gasteiger partial charge in [0.2, 0.25) is 0 Å². The summed E-state index contributed by atoms with van der Waals surface area (Å²) >= 11 is 6.44. The second-order valence-electron chi connectivity index (χ2n) is 10.7. The number of ether oxygens (including phenoxy) is 2. The number of fused-ring (bicyclic) bond motifs is 2. The van der Waals surface area contributed by atoms with Crippen molar-refractivity contribution in [3.8, 4) is 11.5 Å². The minimum Gasteiger partial charge on any atom is -0.494 e. The molecule has 3 atom stereocenters. The van der Waals surface area contributed by atoms with Crippen molar-refractivity contribution in [2.45, 2.75) is 63.3 Å². The number of aliphatic hydroxyl groups is 1.